The van der Waals surface area contributed by atoms with Crippen LogP contribution in [0.4, 0.5) is 24.7 Å². The van der Waals surface area contributed by atoms with Gasteiger partial charge in [0, 0.05) is 31.0 Å². The molecule has 2 N–H and O–H groups in total. The highest BCUT2D eigenvalue weighted by Crippen LogP contribution is 2.36. The van der Waals surface area contributed by atoms with Gasteiger partial charge in [-0.1, -0.05) is 18.2 Å². The lowest BCUT2D eigenvalue weighted by Crippen LogP contribution is -2.26. The summed E-state index contributed by atoms with van der Waals surface area (Å²) in [5.41, 5.74) is 8.36. The summed E-state index contributed by atoms with van der Waals surface area (Å²) in [4.78, 5) is 26.7. The van der Waals surface area contributed by atoms with E-state index in [4.69, 9.17) is 5.73 Å². The Morgan fingerprint density at radius 3 is 2.58 bits per heavy atom. The lowest BCUT2D eigenvalue weighted by molar-refractivity contribution is -0.141. The van der Waals surface area contributed by atoms with Crippen LogP contribution in [0.25, 0.3) is 22.2 Å². The average molecular weight is 452 g/mol. The second-order valence-corrected chi connectivity index (χ2v) is 7.93. The van der Waals surface area contributed by atoms with E-state index in [1.807, 2.05) is 42.1 Å². The van der Waals surface area contributed by atoms with Gasteiger partial charge in [-0.15, -0.1) is 0 Å². The van der Waals surface area contributed by atoms with E-state index in [1.54, 1.807) is 4.90 Å². The van der Waals surface area contributed by atoms with Gasteiger partial charge in [-0.25, -0.2) is 15.0 Å². The van der Waals surface area contributed by atoms with Gasteiger partial charge in [0.1, 0.15) is 23.5 Å². The number of nitrogen functional groups attached to an aromatic ring is 1. The first-order chi connectivity index (χ1) is 15.7. The molecule has 0 radical (unpaired) electrons. The number of hydrogen-bond donors (Lipinski definition) is 1. The van der Waals surface area contributed by atoms with Gasteiger partial charge in [0.2, 0.25) is 5.91 Å². The number of halogens is 3. The molecule has 0 aliphatic carbocycles. The van der Waals surface area contributed by atoms with Gasteiger partial charge < -0.3 is 15.2 Å². The van der Waals surface area contributed by atoms with Crippen molar-refractivity contribution in [1.82, 2.24) is 19.5 Å². The zero-order valence-electron chi connectivity index (χ0n) is 17.5. The van der Waals surface area contributed by atoms with E-state index in [2.05, 4.69) is 15.0 Å². The molecule has 1 unspecified atom stereocenters. The Hall–Kier alpha value is -3.95. The summed E-state index contributed by atoms with van der Waals surface area (Å²) in [6.45, 7) is 0.399. The third-order valence-electron chi connectivity index (χ3n) is 5.90. The Morgan fingerprint density at radius 1 is 1.09 bits per heavy atom. The lowest BCUT2D eigenvalue weighted by atomic mass is 10.0. The van der Waals surface area contributed by atoms with E-state index in [1.165, 1.54) is 18.5 Å². The van der Waals surface area contributed by atoms with Gasteiger partial charge >= 0.3 is 6.18 Å². The first-order valence-electron chi connectivity index (χ1n) is 10.3. The molecule has 1 aliphatic rings. The molecule has 1 aromatic carbocycles. The van der Waals surface area contributed by atoms with Crippen LogP contribution in [0.15, 0.2) is 55.0 Å². The topological polar surface area (TPSA) is 89.9 Å². The molecule has 168 valence electrons. The van der Waals surface area contributed by atoms with E-state index in [0.717, 1.165) is 22.6 Å². The van der Waals surface area contributed by atoms with E-state index < -0.39 is 17.8 Å². The first-order valence-corrected chi connectivity index (χ1v) is 10.3. The fourth-order valence-electron chi connectivity index (χ4n) is 4.29. The second-order valence-electron chi connectivity index (χ2n) is 7.93. The number of benzene rings is 1. The first kappa shape index (κ1) is 20.9. The van der Waals surface area contributed by atoms with Gasteiger partial charge in [-0.2, -0.15) is 13.2 Å². The summed E-state index contributed by atoms with van der Waals surface area (Å²) in [6, 6.07) is 11.0. The van der Waals surface area contributed by atoms with Crippen LogP contribution in [0.5, 0.6) is 0 Å². The van der Waals surface area contributed by atoms with Crippen LogP contribution in [0, 0.1) is 0 Å². The molecule has 0 bridgehead atoms. The second kappa shape index (κ2) is 7.58. The van der Waals surface area contributed by atoms with Gasteiger partial charge in [0.15, 0.2) is 0 Å². The number of pyridine rings is 1. The summed E-state index contributed by atoms with van der Waals surface area (Å²) < 4.78 is 40.9. The molecule has 3 aromatic heterocycles. The summed E-state index contributed by atoms with van der Waals surface area (Å²) >= 11 is 0. The number of aromatic nitrogens is 4. The molecule has 7 nitrogen and oxygen atoms in total. The van der Waals surface area contributed by atoms with Crippen LogP contribution in [-0.2, 0) is 18.0 Å². The van der Waals surface area contributed by atoms with Crippen molar-refractivity contribution in [2.45, 2.75) is 18.5 Å². The number of fused-ring (bicyclic) bond motifs is 1. The minimum absolute atomic E-state index is 0.139. The summed E-state index contributed by atoms with van der Waals surface area (Å²) in [5.74, 6) is -0.592. The third kappa shape index (κ3) is 3.57. The monoisotopic (exact) mass is 452 g/mol. The van der Waals surface area contributed by atoms with Crippen molar-refractivity contribution in [2.24, 2.45) is 7.05 Å². The van der Waals surface area contributed by atoms with Crippen molar-refractivity contribution in [2.75, 3.05) is 17.2 Å². The maximum atomic E-state index is 13.0. The molecule has 4 aromatic rings. The lowest BCUT2D eigenvalue weighted by Gasteiger charge is -2.17. The Kier molecular flexibility index (Phi) is 4.80. The van der Waals surface area contributed by atoms with E-state index in [0.29, 0.717) is 30.1 Å². The number of amides is 1. The van der Waals surface area contributed by atoms with E-state index >= 15 is 0 Å². The average Bonchev–Trinajstić information content (AvgIpc) is 3.34. The number of anilines is 2. The minimum Gasteiger partial charge on any atom is -0.383 e. The van der Waals surface area contributed by atoms with Crippen LogP contribution in [0.2, 0.25) is 0 Å². The molecule has 1 saturated heterocycles. The Morgan fingerprint density at radius 2 is 1.85 bits per heavy atom. The number of carbonyl (C=O) groups is 1. The molecule has 0 saturated carbocycles. The Balaban J connectivity index is 1.42. The number of alkyl halides is 3. The predicted molar refractivity (Wildman–Crippen MR) is 117 cm³/mol. The fraction of sp³-hybridized carbons (Fsp3) is 0.217. The number of hydrogen-bond acceptors (Lipinski definition) is 5. The molecule has 1 atom stereocenters. The normalized spacial score (nSPS) is 16.7. The maximum absolute atomic E-state index is 13.0. The quantitative estimate of drug-likeness (QED) is 0.504. The van der Waals surface area contributed by atoms with Crippen molar-refractivity contribution in [3.63, 3.8) is 0 Å². The highest BCUT2D eigenvalue weighted by molar-refractivity contribution is 6.02. The maximum Gasteiger partial charge on any atom is 0.433 e. The van der Waals surface area contributed by atoms with Gasteiger partial charge in [-0.3, -0.25) is 4.79 Å². The van der Waals surface area contributed by atoms with E-state index in [9.17, 15) is 18.0 Å². The van der Waals surface area contributed by atoms with Crippen LogP contribution >= 0.6 is 0 Å². The molecular weight excluding hydrogens is 433 g/mol. The van der Waals surface area contributed by atoms with Crippen molar-refractivity contribution in [3.8, 4) is 11.1 Å². The highest BCUT2D eigenvalue weighted by atomic mass is 19.4. The van der Waals surface area contributed by atoms with Crippen LogP contribution < -0.4 is 10.6 Å². The van der Waals surface area contributed by atoms with Crippen LogP contribution in [0.1, 0.15) is 23.7 Å². The van der Waals surface area contributed by atoms with Crippen molar-refractivity contribution < 1.29 is 18.0 Å². The molecule has 5 rings (SSSR count). The highest BCUT2D eigenvalue weighted by Gasteiger charge is 2.37. The number of aryl methyl sites for hydroxylation is 1. The van der Waals surface area contributed by atoms with Gasteiger partial charge in [0.05, 0.1) is 17.0 Å². The fourth-order valence-corrected chi connectivity index (χ4v) is 4.29. The number of nitrogens with zero attached hydrogens (tertiary/aromatic N) is 5. The van der Waals surface area contributed by atoms with Crippen molar-refractivity contribution in [3.05, 3.63) is 66.4 Å². The molecule has 1 aliphatic heterocycles. The minimum atomic E-state index is -4.55. The van der Waals surface area contributed by atoms with Crippen molar-refractivity contribution >= 4 is 28.4 Å². The van der Waals surface area contributed by atoms with Gasteiger partial charge in [0.25, 0.3) is 0 Å². The largest absolute Gasteiger partial charge is 0.433 e. The number of carbonyl (C=O) groups excluding carboxylic acids is 1. The summed E-state index contributed by atoms with van der Waals surface area (Å²) in [7, 11) is 1.87. The molecule has 4 heterocycles. The Labute approximate surface area is 186 Å². The SMILES string of the molecule is Cn1cc(-c2ccc(N3CCC(c4cccc(C(F)(F)F)n4)C3=O)cc2)c2c(N)ncnc21. The molecule has 1 amide bonds. The van der Waals surface area contributed by atoms with Crippen LogP contribution in [-0.4, -0.2) is 32.0 Å². The molecule has 33 heavy (non-hydrogen) atoms. The van der Waals surface area contributed by atoms with E-state index in [-0.39, 0.29) is 11.6 Å². The molecular formula is C23H19F3N6O. The van der Waals surface area contributed by atoms with Crippen molar-refractivity contribution in [1.29, 1.82) is 0 Å². The van der Waals surface area contributed by atoms with Gasteiger partial charge in [-0.05, 0) is 36.2 Å². The summed E-state index contributed by atoms with van der Waals surface area (Å²) in [6.07, 6.45) is -0.824. The predicted octanol–water partition coefficient (Wildman–Crippen LogP) is 4.15. The number of rotatable bonds is 3. The molecule has 10 heteroatoms. The molecule has 0 spiro atoms. The third-order valence-corrected chi connectivity index (χ3v) is 5.90. The number of nitrogens with two attached hydrogens (primary N) is 1. The standard InChI is InChI=1S/C23H19F3N6O/c1-31-11-16(19-20(27)28-12-29-21(19)31)13-5-7-14(8-6-13)32-10-9-15(22(32)33)17-3-2-4-18(30-17)23(24,25)26/h2-8,11-12,15H,9-10H2,1H3,(H2,27,28,29). The zero-order valence-corrected chi connectivity index (χ0v) is 17.5. The zero-order chi connectivity index (χ0) is 23.3. The molecule has 1 fully saturated rings. The smallest absolute Gasteiger partial charge is 0.383 e. The van der Waals surface area contributed by atoms with Crippen LogP contribution in [0.3, 0.4) is 0 Å². The Bertz CT molecular complexity index is 1360. The summed E-state index contributed by atoms with van der Waals surface area (Å²) in [5, 5.41) is 0.751.